The molecule has 2 rings (SSSR count). The van der Waals surface area contributed by atoms with E-state index >= 15 is 0 Å². The number of amides is 1. The zero-order valence-electron chi connectivity index (χ0n) is 12.7. The second kappa shape index (κ2) is 7.46. The van der Waals surface area contributed by atoms with Crippen LogP contribution in [0.5, 0.6) is 5.75 Å². The summed E-state index contributed by atoms with van der Waals surface area (Å²) >= 11 is 0. The van der Waals surface area contributed by atoms with Crippen LogP contribution in [-0.2, 0) is 4.79 Å². The summed E-state index contributed by atoms with van der Waals surface area (Å²) in [7, 11) is 0. The van der Waals surface area contributed by atoms with Gasteiger partial charge < -0.3 is 15.2 Å². The topological polar surface area (TPSA) is 58.6 Å². The van der Waals surface area contributed by atoms with Crippen molar-refractivity contribution in [3.63, 3.8) is 0 Å². The van der Waals surface area contributed by atoms with Gasteiger partial charge >= 0.3 is 0 Å². The van der Waals surface area contributed by atoms with Crippen molar-refractivity contribution < 1.29 is 14.6 Å². The van der Waals surface area contributed by atoms with Gasteiger partial charge in [0.1, 0.15) is 5.75 Å². The summed E-state index contributed by atoms with van der Waals surface area (Å²) in [5.74, 6) is 0.889. The van der Waals surface area contributed by atoms with E-state index in [1.54, 1.807) is 0 Å². The number of nitrogens with one attached hydrogen (secondary N) is 1. The molecule has 0 unspecified atom stereocenters. The molecule has 0 bridgehead atoms. The van der Waals surface area contributed by atoms with Crippen molar-refractivity contribution in [2.24, 2.45) is 0 Å². The quantitative estimate of drug-likeness (QED) is 0.759. The van der Waals surface area contributed by atoms with E-state index in [1.165, 1.54) is 0 Å². The lowest BCUT2D eigenvalue weighted by atomic mass is 9.98. The van der Waals surface area contributed by atoms with E-state index in [4.69, 9.17) is 4.74 Å². The van der Waals surface area contributed by atoms with E-state index in [9.17, 15) is 9.90 Å². The van der Waals surface area contributed by atoms with Crippen LogP contribution in [0.4, 0.5) is 0 Å². The molecular formula is C17H25NO3. The Morgan fingerprint density at radius 3 is 2.71 bits per heavy atom. The Balaban J connectivity index is 1.69. The summed E-state index contributed by atoms with van der Waals surface area (Å²) in [4.78, 5) is 12.0. The van der Waals surface area contributed by atoms with E-state index in [0.29, 0.717) is 19.4 Å². The van der Waals surface area contributed by atoms with Crippen molar-refractivity contribution in [3.8, 4) is 5.75 Å². The van der Waals surface area contributed by atoms with Crippen molar-refractivity contribution in [1.82, 2.24) is 5.32 Å². The Kier molecular flexibility index (Phi) is 5.62. The first-order valence-electron chi connectivity index (χ1n) is 7.75. The van der Waals surface area contributed by atoms with Gasteiger partial charge in [0.15, 0.2) is 0 Å². The molecule has 2 N–H and O–H groups in total. The molecule has 1 aliphatic carbocycles. The van der Waals surface area contributed by atoms with Crippen molar-refractivity contribution in [2.75, 3.05) is 13.2 Å². The molecule has 4 heteroatoms. The molecule has 4 nitrogen and oxygen atoms in total. The van der Waals surface area contributed by atoms with Crippen LogP contribution in [0.3, 0.4) is 0 Å². The Morgan fingerprint density at radius 1 is 1.33 bits per heavy atom. The van der Waals surface area contributed by atoms with Gasteiger partial charge in [0, 0.05) is 6.42 Å². The summed E-state index contributed by atoms with van der Waals surface area (Å²) in [6.07, 6.45) is 5.05. The van der Waals surface area contributed by atoms with Gasteiger partial charge in [0.2, 0.25) is 5.91 Å². The third-order valence-corrected chi connectivity index (χ3v) is 4.17. The van der Waals surface area contributed by atoms with Crippen LogP contribution in [0.2, 0.25) is 0 Å². The largest absolute Gasteiger partial charge is 0.493 e. The molecule has 0 aliphatic heterocycles. The van der Waals surface area contributed by atoms with Crippen LogP contribution in [0.15, 0.2) is 24.3 Å². The van der Waals surface area contributed by atoms with E-state index in [0.717, 1.165) is 37.0 Å². The number of hydrogen-bond donors (Lipinski definition) is 2. The minimum Gasteiger partial charge on any atom is -0.493 e. The minimum absolute atomic E-state index is 0.0133. The van der Waals surface area contributed by atoms with Crippen LogP contribution < -0.4 is 10.1 Å². The van der Waals surface area contributed by atoms with E-state index in [2.05, 4.69) is 5.32 Å². The first-order valence-corrected chi connectivity index (χ1v) is 7.75. The van der Waals surface area contributed by atoms with Crippen LogP contribution in [-0.4, -0.2) is 29.8 Å². The fourth-order valence-corrected chi connectivity index (χ4v) is 2.87. The van der Waals surface area contributed by atoms with Gasteiger partial charge in [-0.1, -0.05) is 31.0 Å². The van der Waals surface area contributed by atoms with Gasteiger partial charge in [-0.25, -0.2) is 0 Å². The fraction of sp³-hybridized carbons (Fsp3) is 0.588. The number of carbonyl (C=O) groups excluding carboxylic acids is 1. The number of benzene rings is 1. The van der Waals surface area contributed by atoms with Gasteiger partial charge in [-0.15, -0.1) is 0 Å². The number of aliphatic hydroxyl groups excluding tert-OH is 1. The standard InChI is InChI=1S/C17H25NO3/c1-14-7-2-3-8-15(14)21-12-6-9-16(20)18-17(13-19)10-4-5-11-17/h2-3,7-8,19H,4-6,9-13H2,1H3,(H,18,20). The average Bonchev–Trinajstić information content (AvgIpc) is 2.94. The number of hydrogen-bond acceptors (Lipinski definition) is 3. The molecule has 0 spiro atoms. The Labute approximate surface area is 126 Å². The second-order valence-corrected chi connectivity index (χ2v) is 5.91. The number of aliphatic hydroxyl groups is 1. The Hall–Kier alpha value is -1.55. The van der Waals surface area contributed by atoms with Crippen molar-refractivity contribution in [3.05, 3.63) is 29.8 Å². The highest BCUT2D eigenvalue weighted by atomic mass is 16.5. The highest BCUT2D eigenvalue weighted by Gasteiger charge is 2.34. The van der Waals surface area contributed by atoms with Crippen LogP contribution in [0.25, 0.3) is 0 Å². The average molecular weight is 291 g/mol. The highest BCUT2D eigenvalue weighted by molar-refractivity contribution is 5.76. The zero-order valence-corrected chi connectivity index (χ0v) is 12.7. The number of aryl methyl sites for hydroxylation is 1. The maximum absolute atomic E-state index is 12.0. The monoisotopic (exact) mass is 291 g/mol. The van der Waals surface area contributed by atoms with Gasteiger partial charge in [-0.3, -0.25) is 4.79 Å². The molecule has 1 amide bonds. The molecule has 0 atom stereocenters. The molecule has 21 heavy (non-hydrogen) atoms. The van der Waals surface area contributed by atoms with Crippen LogP contribution >= 0.6 is 0 Å². The lowest BCUT2D eigenvalue weighted by molar-refractivity contribution is -0.123. The van der Waals surface area contributed by atoms with E-state index in [-0.39, 0.29) is 18.1 Å². The predicted molar refractivity (Wildman–Crippen MR) is 82.3 cm³/mol. The smallest absolute Gasteiger partial charge is 0.220 e. The molecular weight excluding hydrogens is 266 g/mol. The third kappa shape index (κ3) is 4.46. The number of ether oxygens (including phenoxy) is 1. The normalized spacial score (nSPS) is 16.7. The van der Waals surface area contributed by atoms with Crippen LogP contribution in [0, 0.1) is 6.92 Å². The molecule has 1 fully saturated rings. The van der Waals surface area contributed by atoms with Crippen molar-refractivity contribution in [2.45, 2.75) is 51.0 Å². The number of carbonyl (C=O) groups is 1. The van der Waals surface area contributed by atoms with Gasteiger partial charge in [0.25, 0.3) is 0 Å². The Bertz CT molecular complexity index is 467. The maximum atomic E-state index is 12.0. The fourth-order valence-electron chi connectivity index (χ4n) is 2.87. The number of para-hydroxylation sites is 1. The summed E-state index contributed by atoms with van der Waals surface area (Å²) in [5.41, 5.74) is 0.737. The lowest BCUT2D eigenvalue weighted by Crippen LogP contribution is -2.49. The molecule has 1 aromatic carbocycles. The maximum Gasteiger partial charge on any atom is 0.220 e. The second-order valence-electron chi connectivity index (χ2n) is 5.91. The molecule has 116 valence electrons. The van der Waals surface area contributed by atoms with Crippen LogP contribution in [0.1, 0.15) is 44.1 Å². The summed E-state index contributed by atoms with van der Waals surface area (Å²) in [5, 5.41) is 12.5. The third-order valence-electron chi connectivity index (χ3n) is 4.17. The highest BCUT2D eigenvalue weighted by Crippen LogP contribution is 2.29. The summed E-state index contributed by atoms with van der Waals surface area (Å²) in [6.45, 7) is 2.58. The molecule has 0 radical (unpaired) electrons. The van der Waals surface area contributed by atoms with Gasteiger partial charge in [-0.05, 0) is 37.8 Å². The minimum atomic E-state index is -0.367. The molecule has 0 saturated heterocycles. The van der Waals surface area contributed by atoms with Crippen molar-refractivity contribution in [1.29, 1.82) is 0 Å². The summed E-state index contributed by atoms with van der Waals surface area (Å²) < 4.78 is 5.68. The molecule has 0 heterocycles. The summed E-state index contributed by atoms with van der Waals surface area (Å²) in [6, 6.07) is 7.87. The van der Waals surface area contributed by atoms with E-state index in [1.807, 2.05) is 31.2 Å². The molecule has 1 aliphatic rings. The number of rotatable bonds is 7. The molecule has 0 aromatic heterocycles. The Morgan fingerprint density at radius 2 is 2.05 bits per heavy atom. The van der Waals surface area contributed by atoms with Gasteiger partial charge in [-0.2, -0.15) is 0 Å². The first kappa shape index (κ1) is 15.8. The SMILES string of the molecule is Cc1ccccc1OCCCC(=O)NC1(CO)CCCC1. The van der Waals surface area contributed by atoms with Crippen molar-refractivity contribution >= 4 is 5.91 Å². The zero-order chi connectivity index (χ0) is 15.1. The first-order chi connectivity index (χ1) is 10.2. The predicted octanol–water partition coefficient (Wildman–Crippen LogP) is 2.58. The van der Waals surface area contributed by atoms with E-state index < -0.39 is 0 Å². The van der Waals surface area contributed by atoms with Gasteiger partial charge in [0.05, 0.1) is 18.8 Å². The molecule has 1 saturated carbocycles. The lowest BCUT2D eigenvalue weighted by Gasteiger charge is -2.28. The molecule has 1 aromatic rings.